The third kappa shape index (κ3) is 3.61. The molecule has 1 aromatic carbocycles. The third-order valence-corrected chi connectivity index (χ3v) is 4.49. The minimum absolute atomic E-state index is 0.0992. The summed E-state index contributed by atoms with van der Waals surface area (Å²) >= 11 is 0. The number of Topliss-reactive ketones (excluding diaryl/α,β-unsaturated/α-hetero) is 1. The number of carbonyl (C=O) groups is 2. The molecule has 24 heavy (non-hydrogen) atoms. The van der Waals surface area contributed by atoms with Gasteiger partial charge in [0.1, 0.15) is 11.1 Å². The molecule has 1 heterocycles. The first-order chi connectivity index (χ1) is 10.9. The molecule has 1 amide bonds. The summed E-state index contributed by atoms with van der Waals surface area (Å²) in [5.41, 5.74) is 0.903. The van der Waals surface area contributed by atoms with Crippen LogP contribution in [0.1, 0.15) is 55.6 Å². The van der Waals surface area contributed by atoms with Crippen LogP contribution in [0, 0.1) is 13.8 Å². The van der Waals surface area contributed by atoms with Crippen molar-refractivity contribution in [3.63, 3.8) is 0 Å². The van der Waals surface area contributed by atoms with E-state index < -0.39 is 23.3 Å². The van der Waals surface area contributed by atoms with E-state index in [1.807, 2.05) is 26.0 Å². The number of ether oxygens (including phenoxy) is 1. The summed E-state index contributed by atoms with van der Waals surface area (Å²) < 4.78 is 5.42. The van der Waals surface area contributed by atoms with Gasteiger partial charge in [0.2, 0.25) is 0 Å². The van der Waals surface area contributed by atoms with Crippen molar-refractivity contribution in [2.24, 2.45) is 0 Å². The predicted molar refractivity (Wildman–Crippen MR) is 92.2 cm³/mol. The monoisotopic (exact) mass is 333 g/mol. The van der Waals surface area contributed by atoms with Crippen LogP contribution in [0.15, 0.2) is 18.2 Å². The van der Waals surface area contributed by atoms with Crippen LogP contribution < -0.4 is 0 Å². The van der Waals surface area contributed by atoms with Gasteiger partial charge in [-0.2, -0.15) is 0 Å². The van der Waals surface area contributed by atoms with Crippen molar-refractivity contribution in [2.45, 2.75) is 65.2 Å². The van der Waals surface area contributed by atoms with E-state index >= 15 is 0 Å². The highest BCUT2D eigenvalue weighted by Gasteiger charge is 2.50. The topological polar surface area (TPSA) is 66.8 Å². The van der Waals surface area contributed by atoms with E-state index in [9.17, 15) is 14.7 Å². The zero-order chi connectivity index (χ0) is 18.3. The highest BCUT2D eigenvalue weighted by atomic mass is 16.6. The standard InChI is InChI=1S/C19H27NO4/c1-12-7-8-14(9-13(12)2)16(22)19(6)10-15(21)11-20(19)17(23)24-18(3,4)5/h7-9,15,21H,10-11H2,1-6H3. The summed E-state index contributed by atoms with van der Waals surface area (Å²) in [5.74, 6) is -0.173. The fraction of sp³-hybridized carbons (Fsp3) is 0.579. The Kier molecular flexibility index (Phi) is 4.77. The van der Waals surface area contributed by atoms with Crippen molar-refractivity contribution in [2.75, 3.05) is 6.54 Å². The van der Waals surface area contributed by atoms with E-state index in [0.717, 1.165) is 11.1 Å². The predicted octanol–water partition coefficient (Wildman–Crippen LogP) is 3.25. The first kappa shape index (κ1) is 18.5. The number of aryl methyl sites for hydroxylation is 2. The molecule has 0 aliphatic carbocycles. The van der Waals surface area contributed by atoms with Crippen LogP contribution in [0.2, 0.25) is 0 Å². The van der Waals surface area contributed by atoms with E-state index in [1.165, 1.54) is 4.90 Å². The van der Waals surface area contributed by atoms with Gasteiger partial charge in [-0.25, -0.2) is 4.79 Å². The van der Waals surface area contributed by atoms with Gasteiger partial charge in [-0.3, -0.25) is 9.69 Å². The van der Waals surface area contributed by atoms with Crippen LogP contribution >= 0.6 is 0 Å². The van der Waals surface area contributed by atoms with Crippen LogP contribution in [0.25, 0.3) is 0 Å². The summed E-state index contributed by atoms with van der Waals surface area (Å²) in [7, 11) is 0. The van der Waals surface area contributed by atoms with E-state index in [0.29, 0.717) is 5.56 Å². The lowest BCUT2D eigenvalue weighted by atomic mass is 9.87. The van der Waals surface area contributed by atoms with Crippen molar-refractivity contribution < 1.29 is 19.4 Å². The molecule has 0 saturated carbocycles. The summed E-state index contributed by atoms with van der Waals surface area (Å²) in [6.07, 6.45) is -1.10. The number of ketones is 1. The molecule has 0 radical (unpaired) electrons. The number of β-amino-alcohol motifs (C(OH)–C–C–N with tert-alkyl or cyclic N) is 1. The minimum Gasteiger partial charge on any atom is -0.444 e. The number of nitrogens with zero attached hydrogens (tertiary/aromatic N) is 1. The van der Waals surface area contributed by atoms with Crippen LogP contribution in [0.5, 0.6) is 0 Å². The Bertz CT molecular complexity index is 662. The van der Waals surface area contributed by atoms with E-state index in [4.69, 9.17) is 4.74 Å². The van der Waals surface area contributed by atoms with Crippen LogP contribution in [-0.4, -0.2) is 45.7 Å². The molecule has 1 N–H and O–H groups in total. The van der Waals surface area contributed by atoms with E-state index in [1.54, 1.807) is 33.8 Å². The summed E-state index contributed by atoms with van der Waals surface area (Å²) in [4.78, 5) is 27.0. The van der Waals surface area contributed by atoms with Crippen molar-refractivity contribution in [1.82, 2.24) is 4.90 Å². The maximum atomic E-state index is 13.1. The molecule has 2 unspecified atom stereocenters. The summed E-state index contributed by atoms with van der Waals surface area (Å²) in [6, 6.07) is 5.50. The van der Waals surface area contributed by atoms with Gasteiger partial charge >= 0.3 is 6.09 Å². The Balaban J connectivity index is 2.34. The Labute approximate surface area is 143 Å². The molecule has 5 nitrogen and oxygen atoms in total. The normalized spacial score (nSPS) is 24.1. The van der Waals surface area contributed by atoms with Gasteiger partial charge in [0.15, 0.2) is 5.78 Å². The number of aliphatic hydroxyl groups is 1. The molecule has 1 fully saturated rings. The zero-order valence-corrected chi connectivity index (χ0v) is 15.3. The SMILES string of the molecule is Cc1ccc(C(=O)C2(C)CC(O)CN2C(=O)OC(C)(C)C)cc1C. The number of likely N-dealkylation sites (tertiary alicyclic amines) is 1. The zero-order valence-electron chi connectivity index (χ0n) is 15.3. The molecular formula is C19H27NO4. The van der Waals surface area contributed by atoms with Gasteiger partial charge in [0.05, 0.1) is 12.6 Å². The maximum absolute atomic E-state index is 13.1. The molecule has 132 valence electrons. The lowest BCUT2D eigenvalue weighted by molar-refractivity contribution is 0.0105. The highest BCUT2D eigenvalue weighted by molar-refractivity contribution is 6.05. The third-order valence-electron chi connectivity index (χ3n) is 4.49. The first-order valence-electron chi connectivity index (χ1n) is 8.25. The van der Waals surface area contributed by atoms with Crippen molar-refractivity contribution in [3.8, 4) is 0 Å². The van der Waals surface area contributed by atoms with Gasteiger partial charge < -0.3 is 9.84 Å². The van der Waals surface area contributed by atoms with Crippen molar-refractivity contribution in [3.05, 3.63) is 34.9 Å². The van der Waals surface area contributed by atoms with E-state index in [-0.39, 0.29) is 18.7 Å². The molecule has 0 bridgehead atoms. The average molecular weight is 333 g/mol. The number of rotatable bonds is 2. The van der Waals surface area contributed by atoms with E-state index in [2.05, 4.69) is 0 Å². The molecular weight excluding hydrogens is 306 g/mol. The van der Waals surface area contributed by atoms with Gasteiger partial charge in [-0.05, 0) is 58.7 Å². The highest BCUT2D eigenvalue weighted by Crippen LogP contribution is 2.34. The van der Waals surface area contributed by atoms with Gasteiger partial charge in [-0.15, -0.1) is 0 Å². The average Bonchev–Trinajstić information content (AvgIpc) is 2.75. The van der Waals surface area contributed by atoms with Crippen molar-refractivity contribution in [1.29, 1.82) is 0 Å². The molecule has 2 atom stereocenters. The second kappa shape index (κ2) is 6.20. The van der Waals surface area contributed by atoms with Crippen LogP contribution in [-0.2, 0) is 4.74 Å². The second-order valence-electron chi connectivity index (χ2n) is 7.85. The molecule has 1 saturated heterocycles. The Hall–Kier alpha value is -1.88. The summed E-state index contributed by atoms with van der Waals surface area (Å²) in [5, 5.41) is 10.1. The number of hydrogen-bond acceptors (Lipinski definition) is 4. The van der Waals surface area contributed by atoms with Gasteiger partial charge in [0.25, 0.3) is 0 Å². The first-order valence-corrected chi connectivity index (χ1v) is 8.25. The smallest absolute Gasteiger partial charge is 0.411 e. The molecule has 1 aliphatic rings. The lowest BCUT2D eigenvalue weighted by Crippen LogP contribution is -2.52. The Morgan fingerprint density at radius 2 is 1.88 bits per heavy atom. The van der Waals surface area contributed by atoms with Gasteiger partial charge in [0, 0.05) is 12.0 Å². The molecule has 5 heteroatoms. The molecule has 0 aromatic heterocycles. The minimum atomic E-state index is -1.11. The van der Waals surface area contributed by atoms with Gasteiger partial charge in [-0.1, -0.05) is 12.1 Å². The largest absolute Gasteiger partial charge is 0.444 e. The quantitative estimate of drug-likeness (QED) is 0.844. The fourth-order valence-electron chi connectivity index (χ4n) is 3.05. The molecule has 1 aromatic rings. The molecule has 1 aliphatic heterocycles. The molecule has 2 rings (SSSR count). The molecule has 0 spiro atoms. The Morgan fingerprint density at radius 3 is 2.42 bits per heavy atom. The maximum Gasteiger partial charge on any atom is 0.411 e. The van der Waals surface area contributed by atoms with Crippen LogP contribution in [0.4, 0.5) is 4.79 Å². The Morgan fingerprint density at radius 1 is 1.25 bits per heavy atom. The lowest BCUT2D eigenvalue weighted by Gasteiger charge is -2.35. The van der Waals surface area contributed by atoms with Crippen molar-refractivity contribution >= 4 is 11.9 Å². The summed E-state index contributed by atoms with van der Waals surface area (Å²) in [6.45, 7) is 11.1. The number of hydrogen-bond donors (Lipinski definition) is 1. The number of amides is 1. The number of carbonyl (C=O) groups excluding carboxylic acids is 2. The second-order valence-corrected chi connectivity index (χ2v) is 7.85. The number of aliphatic hydroxyl groups excluding tert-OH is 1. The fourth-order valence-corrected chi connectivity index (χ4v) is 3.05. The van der Waals surface area contributed by atoms with Crippen LogP contribution in [0.3, 0.4) is 0 Å². The number of benzene rings is 1.